The molecule has 17 nitrogen and oxygen atoms in total. The van der Waals surface area contributed by atoms with Crippen LogP contribution < -0.4 is 5.32 Å². The Hall–Kier alpha value is -1.23. The van der Waals surface area contributed by atoms with Gasteiger partial charge in [0.2, 0.25) is 5.91 Å². The third-order valence-electron chi connectivity index (χ3n) is 8.72. The second-order valence-electron chi connectivity index (χ2n) is 12.4. The minimum atomic E-state index is -1.82. The van der Waals surface area contributed by atoms with Crippen molar-refractivity contribution in [1.29, 1.82) is 0 Å². The summed E-state index contributed by atoms with van der Waals surface area (Å²) in [5.41, 5.74) is -1.18. The molecular weight excluding hydrogens is 662 g/mol. The zero-order valence-corrected chi connectivity index (χ0v) is 28.3. The number of unbranched alkanes of at least 4 members (excludes halogenated alkanes) is 5. The summed E-state index contributed by atoms with van der Waals surface area (Å²) in [6, 6.07) is -1.15. The van der Waals surface area contributed by atoms with Gasteiger partial charge in [-0.15, -0.1) is 11.8 Å². The van der Waals surface area contributed by atoms with Crippen LogP contribution in [0.15, 0.2) is 0 Å². The van der Waals surface area contributed by atoms with Crippen LogP contribution in [0.25, 0.3) is 0 Å². The smallest absolute Gasteiger partial charge is 0.305 e. The lowest BCUT2D eigenvalue weighted by atomic mass is 9.95. The Kier molecular flexibility index (Phi) is 17.1. The minimum absolute atomic E-state index is 0.189. The van der Waals surface area contributed by atoms with Gasteiger partial charge < -0.3 is 74.6 Å². The zero-order chi connectivity index (χ0) is 35.5. The highest BCUT2D eigenvalue weighted by Crippen LogP contribution is 2.38. The molecular formula is C30H53NO16S. The van der Waals surface area contributed by atoms with E-state index in [4.69, 9.17) is 23.7 Å². The van der Waals surface area contributed by atoms with Gasteiger partial charge in [0, 0.05) is 25.2 Å². The van der Waals surface area contributed by atoms with Crippen LogP contribution in [0.3, 0.4) is 0 Å². The SMILES string of the molecule is COC(=O)CCCCCCCCO[C@@H]1O[C@H](CO)[C@@H](O[C@@H]2O[C@H](CO)[C@H](O)[C@H](O)[C@H]2O)[C@H](O[C@@H]2S[C@@H](C)[C@@H](O)[C@@H](O)[C@@H]2O)[C@H]1NC(C)=O. The van der Waals surface area contributed by atoms with Gasteiger partial charge in [-0.3, -0.25) is 9.59 Å². The Morgan fingerprint density at radius 2 is 1.33 bits per heavy atom. The molecule has 0 aromatic rings. The van der Waals surface area contributed by atoms with Crippen LogP contribution in [-0.2, 0) is 38.0 Å². The topological polar surface area (TPSA) is 263 Å². The van der Waals surface area contributed by atoms with E-state index < -0.39 is 109 Å². The summed E-state index contributed by atoms with van der Waals surface area (Å²) >= 11 is 1.01. The number of methoxy groups -OCH3 is 1. The van der Waals surface area contributed by atoms with Gasteiger partial charge in [-0.1, -0.05) is 32.6 Å². The van der Waals surface area contributed by atoms with Gasteiger partial charge in [0.15, 0.2) is 12.6 Å². The number of rotatable bonds is 17. The second kappa shape index (κ2) is 20.0. The molecule has 280 valence electrons. The number of thioether (sulfide) groups is 1. The third-order valence-corrected chi connectivity index (χ3v) is 10.1. The number of nitrogens with one attached hydrogen (secondary N) is 1. The molecule has 0 aliphatic carbocycles. The Morgan fingerprint density at radius 3 is 1.96 bits per heavy atom. The van der Waals surface area contributed by atoms with Crippen molar-refractivity contribution in [3.8, 4) is 0 Å². The predicted octanol–water partition coefficient (Wildman–Crippen LogP) is -2.76. The van der Waals surface area contributed by atoms with E-state index in [0.717, 1.165) is 43.9 Å². The van der Waals surface area contributed by atoms with Crippen LogP contribution >= 0.6 is 11.8 Å². The molecule has 0 radical (unpaired) electrons. The third kappa shape index (κ3) is 10.9. The fourth-order valence-corrected chi connectivity index (χ4v) is 7.16. The van der Waals surface area contributed by atoms with Gasteiger partial charge in [0.25, 0.3) is 0 Å². The molecule has 9 N–H and O–H groups in total. The number of esters is 1. The lowest BCUT2D eigenvalue weighted by molar-refractivity contribution is -0.353. The predicted molar refractivity (Wildman–Crippen MR) is 166 cm³/mol. The number of hydrogen-bond acceptors (Lipinski definition) is 17. The highest BCUT2D eigenvalue weighted by Gasteiger charge is 2.54. The summed E-state index contributed by atoms with van der Waals surface area (Å²) in [6.07, 6.45) is -12.6. The van der Waals surface area contributed by atoms with Crippen molar-refractivity contribution >= 4 is 23.6 Å². The van der Waals surface area contributed by atoms with Gasteiger partial charge in [-0.2, -0.15) is 0 Å². The molecule has 3 saturated heterocycles. The summed E-state index contributed by atoms with van der Waals surface area (Å²) in [7, 11) is 1.35. The van der Waals surface area contributed by atoms with E-state index in [0.29, 0.717) is 12.8 Å². The van der Waals surface area contributed by atoms with E-state index in [2.05, 4.69) is 10.1 Å². The molecule has 0 saturated carbocycles. The fourth-order valence-electron chi connectivity index (χ4n) is 5.90. The first-order valence-corrected chi connectivity index (χ1v) is 17.3. The monoisotopic (exact) mass is 715 g/mol. The summed E-state index contributed by atoms with van der Waals surface area (Å²) in [5, 5.41) is 85.1. The van der Waals surface area contributed by atoms with E-state index in [9.17, 15) is 50.4 Å². The quantitative estimate of drug-likeness (QED) is 0.0546. The number of ether oxygens (including phenoxy) is 6. The number of carbonyl (C=O) groups excluding carboxylic acids is 2. The molecule has 0 unspecified atom stereocenters. The van der Waals surface area contributed by atoms with Gasteiger partial charge in [0.1, 0.15) is 66.4 Å². The molecule has 3 aliphatic rings. The van der Waals surface area contributed by atoms with Gasteiger partial charge in [-0.05, 0) is 12.8 Å². The maximum Gasteiger partial charge on any atom is 0.305 e. The van der Waals surface area contributed by atoms with Crippen LogP contribution in [0.2, 0.25) is 0 Å². The molecule has 3 heterocycles. The fraction of sp³-hybridized carbons (Fsp3) is 0.933. The Bertz CT molecular complexity index is 981. The number of carbonyl (C=O) groups is 2. The van der Waals surface area contributed by atoms with Crippen molar-refractivity contribution in [3.05, 3.63) is 0 Å². The summed E-state index contributed by atoms with van der Waals surface area (Å²) in [4.78, 5) is 23.7. The number of aliphatic hydroxyl groups excluding tert-OH is 8. The molecule has 1 amide bonds. The lowest BCUT2D eigenvalue weighted by Gasteiger charge is -2.50. The molecule has 3 aliphatic heterocycles. The lowest BCUT2D eigenvalue weighted by Crippen LogP contribution is -2.69. The molecule has 48 heavy (non-hydrogen) atoms. The first-order valence-electron chi connectivity index (χ1n) is 16.4. The van der Waals surface area contributed by atoms with Crippen LogP contribution in [0.4, 0.5) is 0 Å². The molecule has 3 fully saturated rings. The van der Waals surface area contributed by atoms with Crippen molar-refractivity contribution in [2.45, 2.75) is 149 Å². The Labute approximate surface area is 283 Å². The maximum absolute atomic E-state index is 12.5. The van der Waals surface area contributed by atoms with Crippen molar-refractivity contribution < 1.29 is 78.9 Å². The average molecular weight is 716 g/mol. The average Bonchev–Trinajstić information content (AvgIpc) is 3.06. The Morgan fingerprint density at radius 1 is 0.729 bits per heavy atom. The normalized spacial score (nSPS) is 40.4. The summed E-state index contributed by atoms with van der Waals surface area (Å²) < 4.78 is 34.6. The summed E-state index contributed by atoms with van der Waals surface area (Å²) in [6.45, 7) is 1.65. The van der Waals surface area contributed by atoms with E-state index in [1.54, 1.807) is 6.92 Å². The van der Waals surface area contributed by atoms with Gasteiger partial charge >= 0.3 is 5.97 Å². The highest BCUT2D eigenvalue weighted by molar-refractivity contribution is 8.00. The molecule has 0 spiro atoms. The standard InChI is InChI=1S/C30H53NO16S/c1-14-20(36)22(38)25(41)30(48-14)47-27-19(31-15(2)34)28(43-11-9-7-5-4-6-8-10-18(35)42-3)45-17(13-33)26(27)46-29-24(40)23(39)21(37)16(12-32)44-29/h14,16-17,19-30,32-33,36-41H,4-13H2,1-3H3,(H,31,34)/t14-,16+,17+,19+,20+,21-,22+,23-,24+,25-,26+,27+,28+,29-,30+/m0/s1. The molecule has 3 rings (SSSR count). The first kappa shape index (κ1) is 41.2. The molecule has 0 aromatic carbocycles. The van der Waals surface area contributed by atoms with E-state index in [1.165, 1.54) is 14.0 Å². The van der Waals surface area contributed by atoms with Crippen LogP contribution in [0.1, 0.15) is 58.8 Å². The highest BCUT2D eigenvalue weighted by atomic mass is 32.2. The van der Waals surface area contributed by atoms with Crippen LogP contribution in [0, 0.1) is 0 Å². The van der Waals surface area contributed by atoms with E-state index in [-0.39, 0.29) is 12.6 Å². The number of aliphatic hydroxyl groups is 8. The molecule has 18 heteroatoms. The zero-order valence-electron chi connectivity index (χ0n) is 27.5. The maximum atomic E-state index is 12.5. The second-order valence-corrected chi connectivity index (χ2v) is 13.8. The number of amides is 1. The van der Waals surface area contributed by atoms with Gasteiger partial charge in [-0.25, -0.2) is 0 Å². The van der Waals surface area contributed by atoms with Crippen molar-refractivity contribution in [2.24, 2.45) is 0 Å². The Balaban J connectivity index is 1.79. The van der Waals surface area contributed by atoms with Crippen LogP contribution in [-0.4, -0.2) is 170 Å². The van der Waals surface area contributed by atoms with Crippen LogP contribution in [0.5, 0.6) is 0 Å². The summed E-state index contributed by atoms with van der Waals surface area (Å²) in [5.74, 6) is -0.763. The molecule has 0 aromatic heterocycles. The van der Waals surface area contributed by atoms with Crippen molar-refractivity contribution in [1.82, 2.24) is 5.32 Å². The van der Waals surface area contributed by atoms with E-state index in [1.807, 2.05) is 0 Å². The number of hydrogen-bond donors (Lipinski definition) is 9. The molecule has 0 bridgehead atoms. The van der Waals surface area contributed by atoms with Crippen molar-refractivity contribution in [3.63, 3.8) is 0 Å². The largest absolute Gasteiger partial charge is 0.469 e. The van der Waals surface area contributed by atoms with E-state index >= 15 is 0 Å². The minimum Gasteiger partial charge on any atom is -0.469 e. The van der Waals surface area contributed by atoms with Crippen molar-refractivity contribution in [2.75, 3.05) is 26.9 Å². The van der Waals surface area contributed by atoms with Gasteiger partial charge in [0.05, 0.1) is 26.4 Å². The first-order chi connectivity index (χ1) is 22.8. The molecule has 15 atom stereocenters.